The summed E-state index contributed by atoms with van der Waals surface area (Å²) in [4.78, 5) is 8.57. The molecule has 0 bridgehead atoms. The van der Waals surface area contributed by atoms with Crippen LogP contribution in [0.5, 0.6) is 0 Å². The van der Waals surface area contributed by atoms with Crippen molar-refractivity contribution in [3.63, 3.8) is 0 Å². The second kappa shape index (κ2) is 6.93. The summed E-state index contributed by atoms with van der Waals surface area (Å²) in [6, 6.07) is 13.2. The number of ether oxygens (including phenoxy) is 1. The topological polar surface area (TPSA) is 89.7 Å². The van der Waals surface area contributed by atoms with Crippen LogP contribution in [0, 0.1) is 6.07 Å². The summed E-state index contributed by atoms with van der Waals surface area (Å²) < 4.78 is 5.15. The SMILES string of the molecule is COCCc1n[nH]cc1-c1ccc(-c2cnc(N)c3nc[c]cc23)cc1. The van der Waals surface area contributed by atoms with Gasteiger partial charge in [0.2, 0.25) is 0 Å². The van der Waals surface area contributed by atoms with Crippen LogP contribution in [0.1, 0.15) is 5.69 Å². The average Bonchev–Trinajstić information content (AvgIpc) is 3.16. The van der Waals surface area contributed by atoms with Gasteiger partial charge in [-0.15, -0.1) is 0 Å². The van der Waals surface area contributed by atoms with E-state index in [9.17, 15) is 0 Å². The van der Waals surface area contributed by atoms with Gasteiger partial charge in [0.05, 0.1) is 12.3 Å². The smallest absolute Gasteiger partial charge is 0.149 e. The number of H-pyrrole nitrogens is 1. The Hall–Kier alpha value is -3.25. The molecule has 4 aromatic rings. The highest BCUT2D eigenvalue weighted by Gasteiger charge is 2.11. The number of aromatic nitrogens is 4. The number of hydrogen-bond donors (Lipinski definition) is 2. The Morgan fingerprint density at radius 2 is 1.88 bits per heavy atom. The van der Waals surface area contributed by atoms with Crippen LogP contribution in [-0.4, -0.2) is 33.9 Å². The Labute approximate surface area is 151 Å². The van der Waals surface area contributed by atoms with Crippen molar-refractivity contribution in [3.8, 4) is 22.3 Å². The van der Waals surface area contributed by atoms with Crippen LogP contribution < -0.4 is 5.73 Å². The van der Waals surface area contributed by atoms with Crippen LogP contribution in [0.15, 0.2) is 48.9 Å². The average molecular weight is 344 g/mol. The molecule has 3 heterocycles. The molecule has 1 aromatic carbocycles. The molecule has 0 aliphatic carbocycles. The van der Waals surface area contributed by atoms with Gasteiger partial charge in [0, 0.05) is 54.7 Å². The van der Waals surface area contributed by atoms with Gasteiger partial charge in [-0.2, -0.15) is 5.10 Å². The molecule has 0 aliphatic heterocycles. The summed E-state index contributed by atoms with van der Waals surface area (Å²) in [5, 5.41) is 8.20. The molecule has 6 nitrogen and oxygen atoms in total. The largest absolute Gasteiger partial charge is 0.384 e. The number of hydrogen-bond acceptors (Lipinski definition) is 5. The van der Waals surface area contributed by atoms with Crippen molar-refractivity contribution in [1.82, 2.24) is 20.2 Å². The molecule has 26 heavy (non-hydrogen) atoms. The third kappa shape index (κ3) is 2.91. The van der Waals surface area contributed by atoms with Crippen molar-refractivity contribution >= 4 is 16.7 Å². The lowest BCUT2D eigenvalue weighted by molar-refractivity contribution is 0.201. The Kier molecular flexibility index (Phi) is 4.33. The van der Waals surface area contributed by atoms with Crippen LogP contribution in [-0.2, 0) is 11.2 Å². The third-order valence-electron chi connectivity index (χ3n) is 4.39. The molecule has 0 unspecified atom stereocenters. The van der Waals surface area contributed by atoms with Crippen LogP contribution in [0.2, 0.25) is 0 Å². The van der Waals surface area contributed by atoms with Crippen molar-refractivity contribution in [2.75, 3.05) is 19.5 Å². The molecule has 0 saturated carbocycles. The molecule has 0 aliphatic rings. The molecule has 4 rings (SSSR count). The van der Waals surface area contributed by atoms with Crippen molar-refractivity contribution < 1.29 is 4.74 Å². The molecule has 0 amide bonds. The van der Waals surface area contributed by atoms with E-state index in [0.717, 1.165) is 39.8 Å². The number of nitrogens with zero attached hydrogens (tertiary/aromatic N) is 3. The normalized spacial score (nSPS) is 11.1. The van der Waals surface area contributed by atoms with E-state index in [1.165, 1.54) is 0 Å². The molecule has 1 radical (unpaired) electrons. The van der Waals surface area contributed by atoms with Gasteiger partial charge < -0.3 is 10.5 Å². The summed E-state index contributed by atoms with van der Waals surface area (Å²) >= 11 is 0. The van der Waals surface area contributed by atoms with Gasteiger partial charge >= 0.3 is 0 Å². The second-order valence-corrected chi connectivity index (χ2v) is 5.95. The minimum absolute atomic E-state index is 0.426. The summed E-state index contributed by atoms with van der Waals surface area (Å²) in [6.07, 6.45) is 6.07. The predicted octanol–water partition coefficient (Wildman–Crippen LogP) is 3.26. The fourth-order valence-electron chi connectivity index (χ4n) is 3.05. The number of fused-ring (bicyclic) bond motifs is 1. The predicted molar refractivity (Wildman–Crippen MR) is 101 cm³/mol. The summed E-state index contributed by atoms with van der Waals surface area (Å²) in [5.74, 6) is 0.426. The molecule has 6 heteroatoms. The third-order valence-corrected chi connectivity index (χ3v) is 4.39. The number of methoxy groups -OCH3 is 1. The number of rotatable bonds is 5. The number of pyridine rings is 2. The van der Waals surface area contributed by atoms with E-state index in [0.29, 0.717) is 17.9 Å². The van der Waals surface area contributed by atoms with Gasteiger partial charge in [0.1, 0.15) is 11.3 Å². The minimum Gasteiger partial charge on any atom is -0.384 e. The maximum absolute atomic E-state index is 5.94. The second-order valence-electron chi connectivity index (χ2n) is 5.95. The van der Waals surface area contributed by atoms with Gasteiger partial charge in [-0.25, -0.2) is 4.98 Å². The first kappa shape index (κ1) is 16.2. The maximum Gasteiger partial charge on any atom is 0.149 e. The standard InChI is InChI=1S/C20H18N5O/c1-26-10-8-18-17(12-24-25-18)14-6-4-13(5-7-14)16-11-23-20(21)19-15(16)3-2-9-22-19/h3-7,9,11-12H,8,10H2,1H3,(H2,21,23)(H,24,25). The molecule has 0 atom stereocenters. The summed E-state index contributed by atoms with van der Waals surface area (Å²) in [6.45, 7) is 0.641. The number of benzene rings is 1. The Balaban J connectivity index is 1.72. The number of aromatic amines is 1. The Morgan fingerprint density at radius 3 is 2.65 bits per heavy atom. The van der Waals surface area contributed by atoms with Crippen molar-refractivity contribution in [1.29, 1.82) is 0 Å². The summed E-state index contributed by atoms with van der Waals surface area (Å²) in [5.41, 5.74) is 11.9. The van der Waals surface area contributed by atoms with Crippen LogP contribution in [0.4, 0.5) is 5.82 Å². The van der Waals surface area contributed by atoms with Gasteiger partial charge in [-0.3, -0.25) is 10.1 Å². The number of anilines is 1. The van der Waals surface area contributed by atoms with Gasteiger partial charge in [-0.1, -0.05) is 24.3 Å². The van der Waals surface area contributed by atoms with Gasteiger partial charge in [-0.05, 0) is 17.2 Å². The van der Waals surface area contributed by atoms with Crippen molar-refractivity contribution in [3.05, 3.63) is 60.7 Å². The maximum atomic E-state index is 5.94. The first-order valence-corrected chi connectivity index (χ1v) is 8.30. The first-order valence-electron chi connectivity index (χ1n) is 8.30. The van der Waals surface area contributed by atoms with E-state index in [-0.39, 0.29) is 0 Å². The highest BCUT2D eigenvalue weighted by Crippen LogP contribution is 2.31. The molecule has 3 aromatic heterocycles. The highest BCUT2D eigenvalue weighted by molar-refractivity contribution is 5.98. The lowest BCUT2D eigenvalue weighted by atomic mass is 9.99. The number of nitrogens with two attached hydrogens (primary N) is 1. The van der Waals surface area contributed by atoms with E-state index >= 15 is 0 Å². The monoisotopic (exact) mass is 344 g/mol. The zero-order valence-electron chi connectivity index (χ0n) is 14.4. The lowest BCUT2D eigenvalue weighted by Crippen LogP contribution is -1.97. The number of nitrogen functional groups attached to an aromatic ring is 1. The molecule has 0 saturated heterocycles. The van der Waals surface area contributed by atoms with Crippen LogP contribution in [0.3, 0.4) is 0 Å². The lowest BCUT2D eigenvalue weighted by Gasteiger charge is -2.09. The number of nitrogens with one attached hydrogen (secondary N) is 1. The zero-order valence-corrected chi connectivity index (χ0v) is 14.4. The fourth-order valence-corrected chi connectivity index (χ4v) is 3.05. The fraction of sp³-hybridized carbons (Fsp3) is 0.150. The molecule has 0 spiro atoms. The highest BCUT2D eigenvalue weighted by atomic mass is 16.5. The van der Waals surface area contributed by atoms with Crippen LogP contribution >= 0.6 is 0 Å². The van der Waals surface area contributed by atoms with Crippen molar-refractivity contribution in [2.45, 2.75) is 6.42 Å². The van der Waals surface area contributed by atoms with E-state index in [1.807, 2.05) is 12.3 Å². The Morgan fingerprint density at radius 1 is 1.12 bits per heavy atom. The van der Waals surface area contributed by atoms with Crippen molar-refractivity contribution in [2.24, 2.45) is 0 Å². The zero-order chi connectivity index (χ0) is 17.9. The minimum atomic E-state index is 0.426. The van der Waals surface area contributed by atoms with Gasteiger partial charge in [0.15, 0.2) is 0 Å². The molecule has 129 valence electrons. The van der Waals surface area contributed by atoms with E-state index in [1.54, 1.807) is 19.5 Å². The molecule has 0 fully saturated rings. The quantitative estimate of drug-likeness (QED) is 0.580. The van der Waals surface area contributed by atoms with E-state index in [2.05, 4.69) is 50.5 Å². The van der Waals surface area contributed by atoms with Gasteiger partial charge in [0.25, 0.3) is 0 Å². The van der Waals surface area contributed by atoms with E-state index < -0.39 is 0 Å². The molecular formula is C20H18N5O. The Bertz CT molecular complexity index is 1040. The first-order chi connectivity index (χ1) is 12.8. The molecule has 3 N–H and O–H groups in total. The molecular weight excluding hydrogens is 326 g/mol. The summed E-state index contributed by atoms with van der Waals surface area (Å²) in [7, 11) is 1.69. The van der Waals surface area contributed by atoms with E-state index in [4.69, 9.17) is 10.5 Å². The van der Waals surface area contributed by atoms with Crippen LogP contribution in [0.25, 0.3) is 33.2 Å².